The van der Waals surface area contributed by atoms with Gasteiger partial charge in [-0.3, -0.25) is 4.79 Å². The number of unbranched alkanes of at least 4 members (excludes halogenated alkanes) is 1. The Labute approximate surface area is 175 Å². The van der Waals surface area contributed by atoms with Gasteiger partial charge in [-0.2, -0.15) is 0 Å². The zero-order chi connectivity index (χ0) is 21.3. The second-order valence-electron chi connectivity index (χ2n) is 7.38. The summed E-state index contributed by atoms with van der Waals surface area (Å²) in [5, 5.41) is 2.79. The fourth-order valence-electron chi connectivity index (χ4n) is 3.61. The van der Waals surface area contributed by atoms with Gasteiger partial charge >= 0.3 is 5.97 Å². The summed E-state index contributed by atoms with van der Waals surface area (Å²) in [6.45, 7) is 2.46. The van der Waals surface area contributed by atoms with Gasteiger partial charge in [0, 0.05) is 24.7 Å². The van der Waals surface area contributed by atoms with Crippen molar-refractivity contribution in [1.29, 1.82) is 0 Å². The van der Waals surface area contributed by atoms with E-state index < -0.39 is 11.6 Å². The number of halogens is 2. The molecule has 7 heteroatoms. The Balaban J connectivity index is 1.64. The van der Waals surface area contributed by atoms with Crippen molar-refractivity contribution in [2.45, 2.75) is 58.0 Å². The minimum absolute atomic E-state index is 0.101. The van der Waals surface area contributed by atoms with E-state index >= 15 is 0 Å². The Kier molecular flexibility index (Phi) is 7.99. The molecule has 0 atom stereocenters. The molecule has 1 aliphatic rings. The topological polar surface area (TPSA) is 60.5 Å². The van der Waals surface area contributed by atoms with Crippen LogP contribution in [0.15, 0.2) is 30.5 Å². The monoisotopic (exact) mass is 418 g/mol. The summed E-state index contributed by atoms with van der Waals surface area (Å²) < 4.78 is 40.1. The zero-order valence-electron chi connectivity index (χ0n) is 17.3. The molecule has 1 heterocycles. The Morgan fingerprint density at radius 3 is 2.63 bits per heavy atom. The van der Waals surface area contributed by atoms with Crippen molar-refractivity contribution >= 4 is 11.7 Å². The number of benzene rings is 1. The lowest BCUT2D eigenvalue weighted by Gasteiger charge is -2.16. The van der Waals surface area contributed by atoms with Crippen molar-refractivity contribution in [2.24, 2.45) is 0 Å². The van der Waals surface area contributed by atoms with Crippen molar-refractivity contribution in [3.05, 3.63) is 42.1 Å². The Morgan fingerprint density at radius 2 is 1.93 bits per heavy atom. The summed E-state index contributed by atoms with van der Waals surface area (Å²) in [5.41, 5.74) is 0.791. The maximum absolute atomic E-state index is 14.6. The van der Waals surface area contributed by atoms with Crippen LogP contribution in [0.4, 0.5) is 14.5 Å². The number of hydrogen-bond donors (Lipinski definition) is 1. The maximum atomic E-state index is 14.6. The minimum Gasteiger partial charge on any atom is -0.474 e. The fourth-order valence-corrected chi connectivity index (χ4v) is 3.61. The first-order chi connectivity index (χ1) is 14.6. The lowest BCUT2D eigenvalue weighted by Crippen LogP contribution is -2.12. The highest BCUT2D eigenvalue weighted by atomic mass is 19.1. The molecule has 0 aliphatic heterocycles. The van der Waals surface area contributed by atoms with E-state index in [0.717, 1.165) is 25.7 Å². The molecule has 0 amide bonds. The molecule has 0 unspecified atom stereocenters. The molecule has 0 saturated heterocycles. The number of aromatic nitrogens is 1. The molecular weight excluding hydrogens is 390 g/mol. The number of nitrogens with one attached hydrogen (secondary N) is 1. The zero-order valence-corrected chi connectivity index (χ0v) is 17.3. The van der Waals surface area contributed by atoms with Crippen LogP contribution < -0.4 is 10.1 Å². The summed E-state index contributed by atoms with van der Waals surface area (Å²) >= 11 is 0. The number of pyridine rings is 1. The second-order valence-corrected chi connectivity index (χ2v) is 7.38. The highest BCUT2D eigenvalue weighted by Crippen LogP contribution is 2.34. The lowest BCUT2D eigenvalue weighted by atomic mass is 10.1. The number of ether oxygens (including phenoxy) is 2. The van der Waals surface area contributed by atoms with Crippen LogP contribution in [0.25, 0.3) is 11.1 Å². The first-order valence-corrected chi connectivity index (χ1v) is 10.6. The molecule has 5 nitrogen and oxygen atoms in total. The summed E-state index contributed by atoms with van der Waals surface area (Å²) in [6.07, 6.45) is 7.38. The van der Waals surface area contributed by atoms with Gasteiger partial charge in [0.1, 0.15) is 23.4 Å². The van der Waals surface area contributed by atoms with Gasteiger partial charge in [0.15, 0.2) is 0 Å². The Morgan fingerprint density at radius 1 is 1.20 bits per heavy atom. The van der Waals surface area contributed by atoms with Crippen LogP contribution in [0.3, 0.4) is 0 Å². The number of hydrogen-bond acceptors (Lipinski definition) is 5. The molecule has 3 rings (SSSR count). The Hall–Kier alpha value is -2.70. The van der Waals surface area contributed by atoms with Crippen molar-refractivity contribution in [1.82, 2.24) is 4.98 Å². The largest absolute Gasteiger partial charge is 0.474 e. The molecule has 0 bridgehead atoms. The molecule has 162 valence electrons. The number of carbonyl (C=O) groups is 1. The van der Waals surface area contributed by atoms with Gasteiger partial charge in [-0.15, -0.1) is 0 Å². The van der Waals surface area contributed by atoms with Crippen LogP contribution in [-0.4, -0.2) is 30.2 Å². The first kappa shape index (κ1) is 22.0. The van der Waals surface area contributed by atoms with Gasteiger partial charge in [-0.05, 0) is 75.3 Å². The van der Waals surface area contributed by atoms with Crippen molar-refractivity contribution in [3.63, 3.8) is 0 Å². The van der Waals surface area contributed by atoms with Gasteiger partial charge in [-0.1, -0.05) is 0 Å². The predicted octanol–water partition coefficient (Wildman–Crippen LogP) is 5.49. The molecule has 30 heavy (non-hydrogen) atoms. The second kappa shape index (κ2) is 10.9. The summed E-state index contributed by atoms with van der Waals surface area (Å²) in [6, 6.07) is 6.07. The van der Waals surface area contributed by atoms with Gasteiger partial charge in [-0.25, -0.2) is 13.8 Å². The van der Waals surface area contributed by atoms with Crippen molar-refractivity contribution in [3.8, 4) is 17.0 Å². The van der Waals surface area contributed by atoms with E-state index in [4.69, 9.17) is 9.47 Å². The van der Waals surface area contributed by atoms with E-state index in [9.17, 15) is 13.6 Å². The molecule has 1 saturated carbocycles. The standard InChI is InChI=1S/C23H28F2N2O3/c1-2-29-21(28)11-5-6-12-26-22-19(24)14-16(15-20(22)25)18-10-7-13-27-23(18)30-17-8-3-4-9-17/h7,10,13-15,17,26H,2-6,8-9,11-12H2,1H3. The van der Waals surface area contributed by atoms with E-state index in [1.165, 1.54) is 12.1 Å². The lowest BCUT2D eigenvalue weighted by molar-refractivity contribution is -0.143. The molecular formula is C23H28F2N2O3. The van der Waals surface area contributed by atoms with Gasteiger partial charge in [0.2, 0.25) is 5.88 Å². The Bertz CT molecular complexity index is 831. The van der Waals surface area contributed by atoms with Gasteiger partial charge < -0.3 is 14.8 Å². The van der Waals surface area contributed by atoms with E-state index in [1.54, 1.807) is 25.3 Å². The highest BCUT2D eigenvalue weighted by Gasteiger charge is 2.20. The van der Waals surface area contributed by atoms with E-state index in [-0.39, 0.29) is 17.8 Å². The molecule has 0 radical (unpaired) electrons. The minimum atomic E-state index is -0.675. The predicted molar refractivity (Wildman–Crippen MR) is 111 cm³/mol. The SMILES string of the molecule is CCOC(=O)CCCCNc1c(F)cc(-c2cccnc2OC2CCCC2)cc1F. The molecule has 1 N–H and O–H groups in total. The summed E-state index contributed by atoms with van der Waals surface area (Å²) in [7, 11) is 0. The number of carbonyl (C=O) groups excluding carboxylic acids is 1. The van der Waals surface area contributed by atoms with Crippen LogP contribution in [-0.2, 0) is 9.53 Å². The van der Waals surface area contributed by atoms with E-state index in [2.05, 4.69) is 10.3 Å². The van der Waals surface area contributed by atoms with Crippen LogP contribution in [0.2, 0.25) is 0 Å². The number of anilines is 1. The number of rotatable bonds is 10. The molecule has 2 aromatic rings. The van der Waals surface area contributed by atoms with E-state index in [0.29, 0.717) is 49.4 Å². The highest BCUT2D eigenvalue weighted by molar-refractivity contribution is 5.71. The molecule has 1 fully saturated rings. The maximum Gasteiger partial charge on any atom is 0.305 e. The van der Waals surface area contributed by atoms with Crippen LogP contribution in [0.1, 0.15) is 51.9 Å². The van der Waals surface area contributed by atoms with Crippen molar-refractivity contribution in [2.75, 3.05) is 18.5 Å². The third kappa shape index (κ3) is 5.90. The van der Waals surface area contributed by atoms with Crippen LogP contribution in [0, 0.1) is 11.6 Å². The molecule has 1 aromatic carbocycles. The third-order valence-electron chi connectivity index (χ3n) is 5.12. The summed E-state index contributed by atoms with van der Waals surface area (Å²) in [4.78, 5) is 15.6. The molecule has 1 aliphatic carbocycles. The average Bonchev–Trinajstić information content (AvgIpc) is 3.23. The number of esters is 1. The first-order valence-electron chi connectivity index (χ1n) is 10.6. The third-order valence-corrected chi connectivity index (χ3v) is 5.12. The van der Waals surface area contributed by atoms with Gasteiger partial charge in [0.25, 0.3) is 0 Å². The normalized spacial score (nSPS) is 14.0. The van der Waals surface area contributed by atoms with Crippen LogP contribution in [0.5, 0.6) is 5.88 Å². The quantitative estimate of drug-likeness (QED) is 0.408. The fraction of sp³-hybridized carbons (Fsp3) is 0.478. The summed E-state index contributed by atoms with van der Waals surface area (Å²) in [5.74, 6) is -1.20. The number of nitrogens with zero attached hydrogens (tertiary/aromatic N) is 1. The van der Waals surface area contributed by atoms with Crippen molar-refractivity contribution < 1.29 is 23.0 Å². The smallest absolute Gasteiger partial charge is 0.305 e. The molecule has 1 aromatic heterocycles. The van der Waals surface area contributed by atoms with Crippen LogP contribution >= 0.6 is 0 Å². The average molecular weight is 418 g/mol. The molecule has 0 spiro atoms. The van der Waals surface area contributed by atoms with Gasteiger partial charge in [0.05, 0.1) is 6.61 Å². The van der Waals surface area contributed by atoms with E-state index in [1.807, 2.05) is 0 Å².